The van der Waals surface area contributed by atoms with Gasteiger partial charge in [-0.2, -0.15) is 0 Å². The van der Waals surface area contributed by atoms with Gasteiger partial charge in [0.15, 0.2) is 0 Å². The van der Waals surface area contributed by atoms with Crippen molar-refractivity contribution in [2.75, 3.05) is 0 Å². The number of rotatable bonds is 0. The first-order valence-corrected chi connectivity index (χ1v) is 9.50. The molecule has 0 amide bonds. The Morgan fingerprint density at radius 3 is 2.22 bits per heavy atom. The van der Waals surface area contributed by atoms with Gasteiger partial charge in [-0.25, -0.2) is 0 Å². The molecule has 4 unspecified atom stereocenters. The number of fused-ring (bicyclic) bond motifs is 5. The van der Waals surface area contributed by atoms with Gasteiger partial charge in [-0.1, -0.05) is 13.8 Å². The second-order valence-electron chi connectivity index (χ2n) is 9.43. The van der Waals surface area contributed by atoms with E-state index >= 15 is 0 Å². The molecule has 4 aliphatic carbocycles. The van der Waals surface area contributed by atoms with Gasteiger partial charge in [0, 0.05) is 5.41 Å². The molecule has 4 rings (SSSR count). The molecule has 4 N–H and O–H groups in total. The summed E-state index contributed by atoms with van der Waals surface area (Å²) in [6.45, 7) is 4.34. The van der Waals surface area contributed by atoms with E-state index in [2.05, 4.69) is 13.8 Å². The molecule has 4 saturated carbocycles. The topological polar surface area (TPSA) is 80.9 Å². The molecule has 4 fully saturated rings. The molecule has 0 heterocycles. The molecular formula is C19H32O4. The van der Waals surface area contributed by atoms with Crippen LogP contribution in [0.15, 0.2) is 0 Å². The van der Waals surface area contributed by atoms with Gasteiger partial charge < -0.3 is 20.4 Å². The summed E-state index contributed by atoms with van der Waals surface area (Å²) in [5, 5.41) is 42.3. The van der Waals surface area contributed by atoms with E-state index < -0.39 is 17.6 Å². The SMILES string of the molecule is C[C@@]12C(O)CC[C@H]1[C@@H]1CC(O)[C@H]3CC(O)CC[C@]3(C)[C@H]1CC2O. The van der Waals surface area contributed by atoms with Crippen molar-refractivity contribution in [3.05, 3.63) is 0 Å². The zero-order valence-electron chi connectivity index (χ0n) is 14.4. The van der Waals surface area contributed by atoms with Crippen LogP contribution < -0.4 is 0 Å². The fourth-order valence-corrected chi connectivity index (χ4v) is 7.23. The highest BCUT2D eigenvalue weighted by molar-refractivity contribution is 5.13. The van der Waals surface area contributed by atoms with Gasteiger partial charge >= 0.3 is 0 Å². The molecule has 0 aliphatic heterocycles. The first-order chi connectivity index (χ1) is 10.8. The maximum atomic E-state index is 10.9. The van der Waals surface area contributed by atoms with Crippen LogP contribution in [-0.2, 0) is 0 Å². The summed E-state index contributed by atoms with van der Waals surface area (Å²) in [7, 11) is 0. The van der Waals surface area contributed by atoms with Crippen LogP contribution in [0.25, 0.3) is 0 Å². The number of hydrogen-bond acceptors (Lipinski definition) is 4. The molecule has 10 atom stereocenters. The Morgan fingerprint density at radius 1 is 0.739 bits per heavy atom. The number of hydrogen-bond donors (Lipinski definition) is 4. The van der Waals surface area contributed by atoms with Gasteiger partial charge in [0.25, 0.3) is 0 Å². The van der Waals surface area contributed by atoms with E-state index in [0.717, 1.165) is 38.5 Å². The molecule has 23 heavy (non-hydrogen) atoms. The van der Waals surface area contributed by atoms with Crippen LogP contribution in [0.5, 0.6) is 0 Å². The molecule has 0 bridgehead atoms. The second-order valence-corrected chi connectivity index (χ2v) is 9.43. The van der Waals surface area contributed by atoms with Gasteiger partial charge in [0.1, 0.15) is 0 Å². The summed E-state index contributed by atoms with van der Waals surface area (Å²) >= 11 is 0. The third kappa shape index (κ3) is 2.04. The minimum Gasteiger partial charge on any atom is -0.393 e. The molecule has 4 aliphatic rings. The molecule has 0 spiro atoms. The van der Waals surface area contributed by atoms with E-state index in [-0.39, 0.29) is 23.5 Å². The van der Waals surface area contributed by atoms with Crippen LogP contribution in [0.1, 0.15) is 58.8 Å². The summed E-state index contributed by atoms with van der Waals surface area (Å²) in [6, 6.07) is 0. The van der Waals surface area contributed by atoms with E-state index in [1.807, 2.05) is 0 Å². The molecular weight excluding hydrogens is 292 g/mol. The van der Waals surface area contributed by atoms with Crippen molar-refractivity contribution >= 4 is 0 Å². The summed E-state index contributed by atoms with van der Waals surface area (Å²) in [4.78, 5) is 0. The van der Waals surface area contributed by atoms with Gasteiger partial charge in [0.05, 0.1) is 24.4 Å². The van der Waals surface area contributed by atoms with Crippen LogP contribution in [0, 0.1) is 34.5 Å². The number of aliphatic hydroxyl groups is 4. The van der Waals surface area contributed by atoms with E-state index in [1.54, 1.807) is 0 Å². The highest BCUT2D eigenvalue weighted by Crippen LogP contribution is 2.66. The smallest absolute Gasteiger partial charge is 0.0624 e. The van der Waals surface area contributed by atoms with Crippen molar-refractivity contribution in [1.29, 1.82) is 0 Å². The molecule has 0 radical (unpaired) electrons. The lowest BCUT2D eigenvalue weighted by Crippen LogP contribution is -2.62. The lowest BCUT2D eigenvalue weighted by atomic mass is 9.44. The molecule has 0 aromatic heterocycles. The Kier molecular flexibility index (Phi) is 3.67. The first kappa shape index (κ1) is 16.3. The lowest BCUT2D eigenvalue weighted by molar-refractivity contribution is -0.205. The van der Waals surface area contributed by atoms with E-state index in [4.69, 9.17) is 0 Å². The minimum atomic E-state index is -0.453. The van der Waals surface area contributed by atoms with Crippen LogP contribution >= 0.6 is 0 Å². The lowest BCUT2D eigenvalue weighted by Gasteiger charge is -2.62. The molecule has 0 aromatic rings. The Balaban J connectivity index is 1.70. The Labute approximate surface area is 138 Å². The van der Waals surface area contributed by atoms with Gasteiger partial charge in [0.2, 0.25) is 0 Å². The molecule has 4 nitrogen and oxygen atoms in total. The van der Waals surface area contributed by atoms with Crippen LogP contribution in [0.3, 0.4) is 0 Å². The summed E-state index contributed by atoms with van der Waals surface area (Å²) in [5.41, 5.74) is -0.393. The molecule has 0 aromatic carbocycles. The van der Waals surface area contributed by atoms with Crippen LogP contribution in [0.2, 0.25) is 0 Å². The van der Waals surface area contributed by atoms with Crippen molar-refractivity contribution in [2.24, 2.45) is 34.5 Å². The van der Waals surface area contributed by atoms with Crippen molar-refractivity contribution in [3.63, 3.8) is 0 Å². The van der Waals surface area contributed by atoms with Crippen molar-refractivity contribution in [2.45, 2.75) is 83.2 Å². The van der Waals surface area contributed by atoms with Gasteiger partial charge in [-0.15, -0.1) is 0 Å². The van der Waals surface area contributed by atoms with Crippen molar-refractivity contribution < 1.29 is 20.4 Å². The third-order valence-corrected chi connectivity index (χ3v) is 8.71. The Hall–Kier alpha value is -0.160. The zero-order valence-corrected chi connectivity index (χ0v) is 14.4. The van der Waals surface area contributed by atoms with Gasteiger partial charge in [-0.3, -0.25) is 0 Å². The van der Waals surface area contributed by atoms with Gasteiger partial charge in [-0.05, 0) is 74.0 Å². The average molecular weight is 324 g/mol. The fourth-order valence-electron chi connectivity index (χ4n) is 7.23. The second kappa shape index (κ2) is 5.17. The third-order valence-electron chi connectivity index (χ3n) is 8.71. The number of aliphatic hydroxyl groups excluding tert-OH is 4. The fraction of sp³-hybridized carbons (Fsp3) is 1.00. The summed E-state index contributed by atoms with van der Waals surface area (Å²) < 4.78 is 0. The predicted octanol–water partition coefficient (Wildman–Crippen LogP) is 1.69. The largest absolute Gasteiger partial charge is 0.393 e. The highest BCUT2D eigenvalue weighted by Gasteiger charge is 2.64. The van der Waals surface area contributed by atoms with E-state index in [1.165, 1.54) is 0 Å². The standard InChI is InChI=1S/C19H32O4/c1-18-6-5-10(20)7-14(18)15(21)8-11-12-3-4-16(22)19(12,2)17(23)9-13(11)18/h10-17,20-23H,3-9H2,1-2H3/t10?,11-,12-,13-,14+,15?,16?,17?,18+,19-/m0/s1. The van der Waals surface area contributed by atoms with Crippen LogP contribution in [-0.4, -0.2) is 44.8 Å². The van der Waals surface area contributed by atoms with E-state index in [9.17, 15) is 20.4 Å². The van der Waals surface area contributed by atoms with Crippen molar-refractivity contribution in [1.82, 2.24) is 0 Å². The average Bonchev–Trinajstić information content (AvgIpc) is 2.81. The molecule has 4 heteroatoms. The summed E-state index contributed by atoms with van der Waals surface area (Å²) in [5.74, 6) is 1.26. The van der Waals surface area contributed by atoms with E-state index in [0.29, 0.717) is 24.2 Å². The predicted molar refractivity (Wildman–Crippen MR) is 86.5 cm³/mol. The van der Waals surface area contributed by atoms with Crippen LogP contribution in [0.4, 0.5) is 0 Å². The molecule has 132 valence electrons. The highest BCUT2D eigenvalue weighted by atomic mass is 16.3. The van der Waals surface area contributed by atoms with Crippen molar-refractivity contribution in [3.8, 4) is 0 Å². The Morgan fingerprint density at radius 2 is 1.48 bits per heavy atom. The summed E-state index contributed by atoms with van der Waals surface area (Å²) in [6.07, 6.45) is 4.19. The first-order valence-electron chi connectivity index (χ1n) is 9.50. The quantitative estimate of drug-likeness (QED) is 0.547. The zero-order chi connectivity index (χ0) is 16.6. The normalized spacial score (nSPS) is 62.3. The molecule has 0 saturated heterocycles. The maximum absolute atomic E-state index is 10.9. The minimum absolute atomic E-state index is 0.0113. The maximum Gasteiger partial charge on any atom is 0.0624 e. The monoisotopic (exact) mass is 324 g/mol. The Bertz CT molecular complexity index is 482.